The van der Waals surface area contributed by atoms with E-state index in [1.165, 1.54) is 5.56 Å². The first-order valence-electron chi connectivity index (χ1n) is 11.3. The normalized spacial score (nSPS) is 22.6. The zero-order chi connectivity index (χ0) is 23.9. The number of aliphatic hydroxyl groups excluding tert-OH is 1. The van der Waals surface area contributed by atoms with Gasteiger partial charge in [0.1, 0.15) is 5.82 Å². The van der Waals surface area contributed by atoms with Gasteiger partial charge >= 0.3 is 6.18 Å². The number of anilines is 1. The van der Waals surface area contributed by atoms with Gasteiger partial charge in [-0.1, -0.05) is 35.9 Å². The van der Waals surface area contributed by atoms with Crippen LogP contribution in [0.3, 0.4) is 0 Å². The lowest BCUT2D eigenvalue weighted by Crippen LogP contribution is -2.53. The van der Waals surface area contributed by atoms with Crippen LogP contribution in [-0.4, -0.2) is 76.3 Å². The number of hydrogen-bond donors (Lipinski definition) is 1. The number of alkyl halides is 3. The number of hydrogen-bond acceptors (Lipinski definition) is 6. The van der Waals surface area contributed by atoms with E-state index in [0.717, 1.165) is 32.7 Å². The summed E-state index contributed by atoms with van der Waals surface area (Å²) in [6.07, 6.45) is -5.32. The summed E-state index contributed by atoms with van der Waals surface area (Å²) < 4.78 is 40.3. The van der Waals surface area contributed by atoms with Gasteiger partial charge in [-0.3, -0.25) is 9.80 Å². The molecule has 2 aromatic carbocycles. The summed E-state index contributed by atoms with van der Waals surface area (Å²) in [5, 5.41) is 12.1. The number of β-amino-alcohol motifs (C(OH)–C–C–N with tert-alkyl or cyclic N) is 1. The van der Waals surface area contributed by atoms with Crippen LogP contribution < -0.4 is 4.90 Å². The number of para-hydroxylation sites is 1. The molecular formula is C24H25ClF3N5O. The Bertz CT molecular complexity index is 1150. The summed E-state index contributed by atoms with van der Waals surface area (Å²) >= 11 is 5.97. The zero-order valence-electron chi connectivity index (χ0n) is 18.4. The molecule has 0 spiro atoms. The second-order valence-electron chi connectivity index (χ2n) is 8.86. The first kappa shape index (κ1) is 23.3. The van der Waals surface area contributed by atoms with Crippen molar-refractivity contribution in [2.75, 3.05) is 44.2 Å². The van der Waals surface area contributed by atoms with Gasteiger partial charge in [-0.15, -0.1) is 0 Å². The third-order valence-corrected chi connectivity index (χ3v) is 6.84. The summed E-state index contributed by atoms with van der Waals surface area (Å²) in [7, 11) is 0. The summed E-state index contributed by atoms with van der Waals surface area (Å²) in [6.45, 7) is 4.73. The van der Waals surface area contributed by atoms with Crippen molar-refractivity contribution < 1.29 is 18.3 Å². The fourth-order valence-electron chi connectivity index (χ4n) is 4.83. The van der Waals surface area contributed by atoms with Crippen LogP contribution in [0.2, 0.25) is 5.02 Å². The fourth-order valence-corrected chi connectivity index (χ4v) is 4.96. The average Bonchev–Trinajstić information content (AvgIpc) is 3.21. The maximum Gasteiger partial charge on any atom is 0.451 e. The summed E-state index contributed by atoms with van der Waals surface area (Å²) in [4.78, 5) is 13.9. The van der Waals surface area contributed by atoms with Gasteiger partial charge in [-0.05, 0) is 29.8 Å². The lowest BCUT2D eigenvalue weighted by atomic mass is 10.1. The number of fused-ring (bicyclic) bond motifs is 1. The SMILES string of the molecule is OC1CN(c2nc(C(F)(F)F)nc3ccccc23)CC1N1CCN(Cc2ccc(Cl)cc2)CC1. The number of piperazine rings is 1. The minimum Gasteiger partial charge on any atom is -0.390 e. The van der Waals surface area contributed by atoms with Gasteiger partial charge in [0.15, 0.2) is 0 Å². The molecule has 2 aliphatic rings. The molecule has 1 N–H and O–H groups in total. The molecule has 2 atom stereocenters. The van der Waals surface area contributed by atoms with Crippen LogP contribution in [0.4, 0.5) is 19.0 Å². The van der Waals surface area contributed by atoms with Gasteiger partial charge in [-0.2, -0.15) is 13.2 Å². The number of rotatable bonds is 4. The molecule has 0 saturated carbocycles. The molecule has 180 valence electrons. The minimum absolute atomic E-state index is 0.166. The van der Waals surface area contributed by atoms with Crippen LogP contribution in [0, 0.1) is 0 Å². The van der Waals surface area contributed by atoms with E-state index in [9.17, 15) is 18.3 Å². The van der Waals surface area contributed by atoms with E-state index in [4.69, 9.17) is 11.6 Å². The first-order valence-corrected chi connectivity index (χ1v) is 11.6. The maximum atomic E-state index is 13.4. The Hall–Kier alpha value is -2.46. The van der Waals surface area contributed by atoms with Gasteiger partial charge < -0.3 is 10.0 Å². The third-order valence-electron chi connectivity index (χ3n) is 6.59. The number of halogens is 4. The van der Waals surface area contributed by atoms with E-state index < -0.39 is 18.1 Å². The number of nitrogens with zero attached hydrogens (tertiary/aromatic N) is 5. The molecule has 2 saturated heterocycles. The van der Waals surface area contributed by atoms with E-state index in [2.05, 4.69) is 19.8 Å². The van der Waals surface area contributed by atoms with E-state index in [1.807, 2.05) is 24.3 Å². The quantitative estimate of drug-likeness (QED) is 0.601. The molecular weight excluding hydrogens is 467 g/mol. The fraction of sp³-hybridized carbons (Fsp3) is 0.417. The van der Waals surface area contributed by atoms with Gasteiger partial charge in [0.25, 0.3) is 0 Å². The second-order valence-corrected chi connectivity index (χ2v) is 9.30. The van der Waals surface area contributed by atoms with Crippen molar-refractivity contribution in [2.24, 2.45) is 0 Å². The Morgan fingerprint density at radius 2 is 1.65 bits per heavy atom. The molecule has 5 rings (SSSR count). The summed E-state index contributed by atoms with van der Waals surface area (Å²) in [5.41, 5.74) is 1.44. The molecule has 10 heteroatoms. The Morgan fingerprint density at radius 1 is 0.941 bits per heavy atom. The number of aromatic nitrogens is 2. The lowest BCUT2D eigenvalue weighted by Gasteiger charge is -2.38. The predicted octanol–water partition coefficient (Wildman–Crippen LogP) is 3.67. The van der Waals surface area contributed by atoms with E-state index in [-0.39, 0.29) is 23.9 Å². The van der Waals surface area contributed by atoms with E-state index in [1.54, 1.807) is 29.2 Å². The van der Waals surface area contributed by atoms with Crippen LogP contribution in [0.1, 0.15) is 11.4 Å². The highest BCUT2D eigenvalue weighted by atomic mass is 35.5. The first-order chi connectivity index (χ1) is 16.3. The van der Waals surface area contributed by atoms with Crippen LogP contribution >= 0.6 is 11.6 Å². The Labute approximate surface area is 200 Å². The van der Waals surface area contributed by atoms with Gasteiger partial charge in [0.05, 0.1) is 17.7 Å². The van der Waals surface area contributed by atoms with E-state index >= 15 is 0 Å². The summed E-state index contributed by atoms with van der Waals surface area (Å²) in [5.74, 6) is -0.934. The molecule has 2 unspecified atom stereocenters. The maximum absolute atomic E-state index is 13.4. The van der Waals surface area contributed by atoms with Crippen molar-refractivity contribution in [1.29, 1.82) is 0 Å². The van der Waals surface area contributed by atoms with Crippen LogP contribution in [0.5, 0.6) is 0 Å². The lowest BCUT2D eigenvalue weighted by molar-refractivity contribution is -0.144. The molecule has 34 heavy (non-hydrogen) atoms. The Kier molecular flexibility index (Phi) is 6.37. The van der Waals surface area contributed by atoms with E-state index in [0.29, 0.717) is 17.0 Å². The smallest absolute Gasteiger partial charge is 0.390 e. The van der Waals surface area contributed by atoms with Crippen molar-refractivity contribution in [1.82, 2.24) is 19.8 Å². The Morgan fingerprint density at radius 3 is 2.35 bits per heavy atom. The average molecular weight is 492 g/mol. The minimum atomic E-state index is -4.64. The highest BCUT2D eigenvalue weighted by Gasteiger charge is 2.40. The monoisotopic (exact) mass is 491 g/mol. The standard InChI is InChI=1S/C24H25ClF3N5O/c25-17-7-5-16(6-8-17)13-31-9-11-32(12-10-31)20-14-33(15-21(20)34)22-18-3-1-2-4-19(18)29-23(30-22)24(26,27)28/h1-8,20-21,34H,9-15H2. The second kappa shape index (κ2) is 9.30. The van der Waals surface area contributed by atoms with Gasteiger partial charge in [-0.25, -0.2) is 9.97 Å². The topological polar surface area (TPSA) is 55.7 Å². The molecule has 0 aliphatic carbocycles. The molecule has 0 radical (unpaired) electrons. The molecule has 0 amide bonds. The van der Waals surface area contributed by atoms with Gasteiger partial charge in [0, 0.05) is 56.2 Å². The van der Waals surface area contributed by atoms with Crippen molar-refractivity contribution in [3.8, 4) is 0 Å². The van der Waals surface area contributed by atoms with Crippen LogP contribution in [-0.2, 0) is 12.7 Å². The van der Waals surface area contributed by atoms with Crippen molar-refractivity contribution >= 4 is 28.3 Å². The van der Waals surface area contributed by atoms with Crippen LogP contribution in [0.15, 0.2) is 48.5 Å². The predicted molar refractivity (Wildman–Crippen MR) is 125 cm³/mol. The number of aliphatic hydroxyl groups is 1. The molecule has 3 aromatic rings. The number of benzene rings is 2. The molecule has 2 fully saturated rings. The highest BCUT2D eigenvalue weighted by Crippen LogP contribution is 2.33. The molecule has 2 aliphatic heterocycles. The van der Waals surface area contributed by atoms with Crippen molar-refractivity contribution in [2.45, 2.75) is 24.9 Å². The molecule has 3 heterocycles. The largest absolute Gasteiger partial charge is 0.451 e. The van der Waals surface area contributed by atoms with Gasteiger partial charge in [0.2, 0.25) is 5.82 Å². The molecule has 6 nitrogen and oxygen atoms in total. The van der Waals surface area contributed by atoms with Crippen molar-refractivity contribution in [3.05, 3.63) is 64.9 Å². The van der Waals surface area contributed by atoms with Crippen LogP contribution in [0.25, 0.3) is 10.9 Å². The highest BCUT2D eigenvalue weighted by molar-refractivity contribution is 6.30. The third kappa shape index (κ3) is 4.84. The molecule has 1 aromatic heterocycles. The summed E-state index contributed by atoms with van der Waals surface area (Å²) in [6, 6.07) is 14.3. The zero-order valence-corrected chi connectivity index (χ0v) is 19.2. The molecule has 0 bridgehead atoms. The van der Waals surface area contributed by atoms with Crippen molar-refractivity contribution in [3.63, 3.8) is 0 Å². The Balaban J connectivity index is 1.29.